The normalized spacial score (nSPS) is 15.7. The molecule has 1 aliphatic rings. The summed E-state index contributed by atoms with van der Waals surface area (Å²) in [5, 5.41) is 0. The molecule has 1 aromatic heterocycles. The molecule has 8 heteroatoms. The molecule has 1 N–H and O–H groups in total. The van der Waals surface area contributed by atoms with E-state index in [1.54, 1.807) is 42.6 Å². The minimum absolute atomic E-state index is 0.0178. The number of carbonyl (C=O) groups is 1. The summed E-state index contributed by atoms with van der Waals surface area (Å²) >= 11 is 0. The summed E-state index contributed by atoms with van der Waals surface area (Å²) in [6.07, 6.45) is 6.21. The first kappa shape index (κ1) is 20.0. The van der Waals surface area contributed by atoms with Crippen LogP contribution in [0.5, 0.6) is 0 Å². The minimum Gasteiger partial charge on any atom is -0.337 e. The van der Waals surface area contributed by atoms with Crippen LogP contribution in [0.1, 0.15) is 11.3 Å². The molecule has 0 radical (unpaired) electrons. The van der Waals surface area contributed by atoms with E-state index >= 15 is 0 Å². The quantitative estimate of drug-likeness (QED) is 0.748. The maximum Gasteiger partial charge on any atom is 0.246 e. The van der Waals surface area contributed by atoms with Crippen molar-refractivity contribution in [2.24, 2.45) is 0 Å². The number of hydrogen-bond acceptors (Lipinski definition) is 5. The van der Waals surface area contributed by atoms with Gasteiger partial charge in [-0.15, -0.1) is 0 Å². The fraction of sp³-hybridized carbons (Fsp3) is 0.300. The molecule has 1 aromatic carbocycles. The Morgan fingerprint density at radius 1 is 1.11 bits per heavy atom. The van der Waals surface area contributed by atoms with Crippen molar-refractivity contribution < 1.29 is 13.2 Å². The zero-order valence-corrected chi connectivity index (χ0v) is 16.6. The van der Waals surface area contributed by atoms with E-state index in [9.17, 15) is 13.2 Å². The number of amides is 1. The van der Waals surface area contributed by atoms with Gasteiger partial charge in [-0.05, 0) is 35.9 Å². The Morgan fingerprint density at radius 2 is 1.82 bits per heavy atom. The largest absolute Gasteiger partial charge is 0.337 e. The highest BCUT2D eigenvalue weighted by Crippen LogP contribution is 2.13. The topological polar surface area (TPSA) is 82.6 Å². The average molecular weight is 401 g/mol. The second kappa shape index (κ2) is 8.99. The molecule has 2 aromatic rings. The van der Waals surface area contributed by atoms with E-state index in [2.05, 4.69) is 14.6 Å². The SMILES string of the molecule is CS(=O)(=O)Nc1ccc(C=CC(=O)N2CCN(Cc3ccccn3)CC2)cc1. The van der Waals surface area contributed by atoms with Gasteiger partial charge in [0.25, 0.3) is 0 Å². The lowest BCUT2D eigenvalue weighted by molar-refractivity contribution is -0.127. The van der Waals surface area contributed by atoms with Crippen molar-refractivity contribution in [2.45, 2.75) is 6.54 Å². The standard InChI is InChI=1S/C20H24N4O3S/c1-28(26,27)22-18-8-5-17(6-9-18)7-10-20(25)24-14-12-23(13-15-24)16-19-4-2-3-11-21-19/h2-11,22H,12-16H2,1H3. The number of carbonyl (C=O) groups excluding carboxylic acids is 1. The summed E-state index contributed by atoms with van der Waals surface area (Å²) in [4.78, 5) is 20.9. The van der Waals surface area contributed by atoms with E-state index in [0.717, 1.165) is 37.1 Å². The molecule has 1 amide bonds. The van der Waals surface area contributed by atoms with Crippen LogP contribution in [0.25, 0.3) is 6.08 Å². The van der Waals surface area contributed by atoms with Gasteiger partial charge >= 0.3 is 0 Å². The molecule has 2 heterocycles. The fourth-order valence-corrected chi connectivity index (χ4v) is 3.56. The zero-order valence-electron chi connectivity index (χ0n) is 15.8. The van der Waals surface area contributed by atoms with Gasteiger partial charge in [-0.2, -0.15) is 0 Å². The third-order valence-corrected chi connectivity index (χ3v) is 5.03. The average Bonchev–Trinajstić information content (AvgIpc) is 2.67. The van der Waals surface area contributed by atoms with E-state index in [4.69, 9.17) is 0 Å². The molecule has 0 atom stereocenters. The summed E-state index contributed by atoms with van der Waals surface area (Å²) in [6.45, 7) is 3.82. The van der Waals surface area contributed by atoms with Gasteiger partial charge < -0.3 is 4.90 Å². The highest BCUT2D eigenvalue weighted by atomic mass is 32.2. The molecule has 0 spiro atoms. The highest BCUT2D eigenvalue weighted by Gasteiger charge is 2.19. The van der Waals surface area contributed by atoms with Gasteiger partial charge in [-0.1, -0.05) is 18.2 Å². The van der Waals surface area contributed by atoms with Gasteiger partial charge in [0.15, 0.2) is 0 Å². The second-order valence-corrected chi connectivity index (χ2v) is 8.50. The van der Waals surface area contributed by atoms with Crippen LogP contribution in [0.3, 0.4) is 0 Å². The number of sulfonamides is 1. The van der Waals surface area contributed by atoms with Gasteiger partial charge in [0.05, 0.1) is 11.9 Å². The minimum atomic E-state index is -3.29. The number of hydrogen-bond donors (Lipinski definition) is 1. The van der Waals surface area contributed by atoms with E-state index in [0.29, 0.717) is 18.8 Å². The number of piperazine rings is 1. The van der Waals surface area contributed by atoms with Gasteiger partial charge in [0.2, 0.25) is 15.9 Å². The van der Waals surface area contributed by atoms with Gasteiger partial charge in [0, 0.05) is 50.7 Å². The zero-order chi connectivity index (χ0) is 20.0. The molecule has 7 nitrogen and oxygen atoms in total. The Labute approximate surface area is 165 Å². The number of anilines is 1. The molecular weight excluding hydrogens is 376 g/mol. The predicted molar refractivity (Wildman–Crippen MR) is 110 cm³/mol. The van der Waals surface area contributed by atoms with Crippen molar-refractivity contribution in [3.05, 3.63) is 66.0 Å². The maximum absolute atomic E-state index is 12.4. The molecule has 3 rings (SSSR count). The summed E-state index contributed by atoms with van der Waals surface area (Å²) in [5.41, 5.74) is 2.37. The number of nitrogens with one attached hydrogen (secondary N) is 1. The van der Waals surface area contributed by atoms with Crippen LogP contribution in [-0.4, -0.2) is 61.5 Å². The predicted octanol–water partition coefficient (Wildman–Crippen LogP) is 1.81. The van der Waals surface area contributed by atoms with Crippen LogP contribution >= 0.6 is 0 Å². The van der Waals surface area contributed by atoms with Crippen LogP contribution in [0.2, 0.25) is 0 Å². The molecule has 0 saturated carbocycles. The molecule has 1 fully saturated rings. The summed E-state index contributed by atoms with van der Waals surface area (Å²) < 4.78 is 24.8. The number of pyridine rings is 1. The van der Waals surface area contributed by atoms with E-state index in [-0.39, 0.29) is 5.91 Å². The smallest absolute Gasteiger partial charge is 0.246 e. The van der Waals surface area contributed by atoms with Crippen molar-refractivity contribution in [1.82, 2.24) is 14.8 Å². The van der Waals surface area contributed by atoms with Crippen molar-refractivity contribution >= 4 is 27.7 Å². The van der Waals surface area contributed by atoms with Crippen LogP contribution in [0.4, 0.5) is 5.69 Å². The third-order valence-electron chi connectivity index (χ3n) is 4.43. The first-order valence-corrected chi connectivity index (χ1v) is 11.0. The lowest BCUT2D eigenvalue weighted by atomic mass is 10.2. The van der Waals surface area contributed by atoms with Crippen LogP contribution in [0, 0.1) is 0 Å². The number of nitrogens with zero attached hydrogens (tertiary/aromatic N) is 3. The summed E-state index contributed by atoms with van der Waals surface area (Å²) in [5.74, 6) is -0.0178. The third kappa shape index (κ3) is 6.17. The van der Waals surface area contributed by atoms with Crippen LogP contribution in [-0.2, 0) is 21.4 Å². The molecule has 28 heavy (non-hydrogen) atoms. The van der Waals surface area contributed by atoms with E-state index in [1.807, 2.05) is 23.1 Å². The van der Waals surface area contributed by atoms with Crippen molar-refractivity contribution in [3.8, 4) is 0 Å². The Hall–Kier alpha value is -2.71. The molecular formula is C20H24N4O3S. The Morgan fingerprint density at radius 3 is 2.43 bits per heavy atom. The van der Waals surface area contributed by atoms with E-state index in [1.165, 1.54) is 0 Å². The number of rotatable bonds is 6. The second-order valence-electron chi connectivity index (χ2n) is 6.75. The van der Waals surface area contributed by atoms with Crippen molar-refractivity contribution in [3.63, 3.8) is 0 Å². The molecule has 0 bridgehead atoms. The molecule has 148 valence electrons. The Balaban J connectivity index is 1.48. The molecule has 1 aliphatic heterocycles. The van der Waals surface area contributed by atoms with Gasteiger partial charge in [-0.3, -0.25) is 19.4 Å². The van der Waals surface area contributed by atoms with Crippen LogP contribution < -0.4 is 4.72 Å². The lowest BCUT2D eigenvalue weighted by Crippen LogP contribution is -2.47. The Kier molecular flexibility index (Phi) is 6.43. The molecule has 0 aliphatic carbocycles. The number of benzene rings is 1. The maximum atomic E-state index is 12.4. The fourth-order valence-electron chi connectivity index (χ4n) is 3.00. The van der Waals surface area contributed by atoms with Crippen molar-refractivity contribution in [1.29, 1.82) is 0 Å². The van der Waals surface area contributed by atoms with Gasteiger partial charge in [-0.25, -0.2) is 8.42 Å². The Bertz CT molecular complexity index is 920. The van der Waals surface area contributed by atoms with Crippen LogP contribution in [0.15, 0.2) is 54.7 Å². The number of aromatic nitrogens is 1. The monoisotopic (exact) mass is 400 g/mol. The molecule has 1 saturated heterocycles. The van der Waals surface area contributed by atoms with Gasteiger partial charge in [0.1, 0.15) is 0 Å². The van der Waals surface area contributed by atoms with Crippen molar-refractivity contribution in [2.75, 3.05) is 37.2 Å². The highest BCUT2D eigenvalue weighted by molar-refractivity contribution is 7.92. The first-order valence-electron chi connectivity index (χ1n) is 9.06. The lowest BCUT2D eigenvalue weighted by Gasteiger charge is -2.34. The summed E-state index contributed by atoms with van der Waals surface area (Å²) in [6, 6.07) is 12.8. The van der Waals surface area contributed by atoms with E-state index < -0.39 is 10.0 Å². The summed E-state index contributed by atoms with van der Waals surface area (Å²) in [7, 11) is -3.29. The first-order chi connectivity index (χ1) is 13.4. The molecule has 0 unspecified atom stereocenters.